The van der Waals surface area contributed by atoms with E-state index in [2.05, 4.69) is 0 Å². The van der Waals surface area contributed by atoms with Gasteiger partial charge in [-0.1, -0.05) is 24.3 Å². The Morgan fingerprint density at radius 1 is 0.833 bits per heavy atom. The molecule has 0 radical (unpaired) electrons. The van der Waals surface area contributed by atoms with E-state index >= 15 is 0 Å². The van der Waals surface area contributed by atoms with E-state index in [1.165, 1.54) is 0 Å². The number of ketones is 1. The van der Waals surface area contributed by atoms with Gasteiger partial charge in [0, 0.05) is 0 Å². The summed E-state index contributed by atoms with van der Waals surface area (Å²) in [5, 5.41) is 2.07. The molecule has 12 heavy (non-hydrogen) atoms. The topological polar surface area (TPSA) is 17.1 Å². The van der Waals surface area contributed by atoms with Crippen molar-refractivity contribution in [1.29, 1.82) is 0 Å². The van der Waals surface area contributed by atoms with Crippen LogP contribution in [0.15, 0.2) is 24.3 Å². The van der Waals surface area contributed by atoms with Crippen LogP contribution < -0.4 is 10.4 Å². The van der Waals surface area contributed by atoms with E-state index in [4.69, 9.17) is 0 Å². The standard InChI is InChI=1S/C9H6O.2ClH/c10-9-5-7-3-1-2-4-8(7)6-9;;/h1-6H;2*1H. The first-order chi connectivity index (χ1) is 4.86. The summed E-state index contributed by atoms with van der Waals surface area (Å²) < 4.78 is 0. The summed E-state index contributed by atoms with van der Waals surface area (Å²) >= 11 is 0. The van der Waals surface area contributed by atoms with Gasteiger partial charge in [-0.25, -0.2) is 0 Å². The first-order valence-electron chi connectivity index (χ1n) is 3.19. The van der Waals surface area contributed by atoms with Gasteiger partial charge < -0.3 is 0 Å². The molecule has 0 aromatic heterocycles. The minimum atomic E-state index is 0. The smallest absolute Gasteiger partial charge is 0.179 e. The van der Waals surface area contributed by atoms with Crippen LogP contribution >= 0.6 is 24.8 Å². The largest absolute Gasteiger partial charge is 0.290 e. The van der Waals surface area contributed by atoms with Crippen LogP contribution in [0.1, 0.15) is 0 Å². The molecule has 1 aliphatic rings. The summed E-state index contributed by atoms with van der Waals surface area (Å²) in [5.41, 5.74) is 0. The lowest BCUT2D eigenvalue weighted by atomic mass is 10.3. The van der Waals surface area contributed by atoms with Gasteiger partial charge >= 0.3 is 0 Å². The molecule has 3 heteroatoms. The van der Waals surface area contributed by atoms with Crippen molar-refractivity contribution in [2.75, 3.05) is 0 Å². The third-order valence-electron chi connectivity index (χ3n) is 1.59. The average Bonchev–Trinajstić information content (AvgIpc) is 2.27. The van der Waals surface area contributed by atoms with Crippen molar-refractivity contribution >= 4 is 42.7 Å². The summed E-state index contributed by atoms with van der Waals surface area (Å²) in [6.45, 7) is 0. The van der Waals surface area contributed by atoms with Crippen molar-refractivity contribution < 1.29 is 4.79 Å². The highest BCUT2D eigenvalue weighted by molar-refractivity contribution is 6.26. The van der Waals surface area contributed by atoms with E-state index in [-0.39, 0.29) is 30.6 Å². The van der Waals surface area contributed by atoms with Crippen LogP contribution in [0.3, 0.4) is 0 Å². The second-order valence-electron chi connectivity index (χ2n) is 2.32. The highest BCUT2D eigenvalue weighted by Crippen LogP contribution is 1.83. The molecule has 0 aliphatic heterocycles. The fraction of sp³-hybridized carbons (Fsp3) is 0. The number of carbonyl (C=O) groups is 1. The lowest BCUT2D eigenvalue weighted by molar-refractivity contribution is -0.107. The van der Waals surface area contributed by atoms with Crippen molar-refractivity contribution in [1.82, 2.24) is 0 Å². The zero-order valence-electron chi connectivity index (χ0n) is 6.19. The molecule has 1 aliphatic carbocycles. The van der Waals surface area contributed by atoms with Crippen LogP contribution in [0.2, 0.25) is 0 Å². The van der Waals surface area contributed by atoms with Gasteiger partial charge in [0.25, 0.3) is 0 Å². The minimum Gasteiger partial charge on any atom is -0.290 e. The lowest BCUT2D eigenvalue weighted by Crippen LogP contribution is -2.19. The van der Waals surface area contributed by atoms with E-state index < -0.39 is 0 Å². The van der Waals surface area contributed by atoms with Gasteiger partial charge in [-0.05, 0) is 22.6 Å². The maximum Gasteiger partial charge on any atom is 0.179 e. The molecule has 0 unspecified atom stereocenters. The fourth-order valence-electron chi connectivity index (χ4n) is 1.12. The molecular formula is C9H8Cl2O. The molecule has 0 amide bonds. The van der Waals surface area contributed by atoms with E-state index in [0.717, 1.165) is 10.4 Å². The molecule has 1 aromatic rings. The normalized spacial score (nSPS) is 11.5. The maximum atomic E-state index is 10.8. The first kappa shape index (κ1) is 11.2. The number of hydrogen-bond donors (Lipinski definition) is 0. The van der Waals surface area contributed by atoms with Crippen molar-refractivity contribution in [3.63, 3.8) is 0 Å². The number of rotatable bonds is 0. The molecule has 0 N–H and O–H groups in total. The predicted molar refractivity (Wildman–Crippen MR) is 54.1 cm³/mol. The van der Waals surface area contributed by atoms with Gasteiger partial charge in [0.2, 0.25) is 0 Å². The van der Waals surface area contributed by atoms with Gasteiger partial charge in [-0.2, -0.15) is 0 Å². The van der Waals surface area contributed by atoms with Crippen molar-refractivity contribution in [3.05, 3.63) is 34.7 Å². The van der Waals surface area contributed by atoms with Gasteiger partial charge in [0.15, 0.2) is 5.78 Å². The van der Waals surface area contributed by atoms with Gasteiger partial charge in [-0.3, -0.25) is 4.79 Å². The first-order valence-corrected chi connectivity index (χ1v) is 3.19. The molecule has 1 aromatic carbocycles. The molecule has 2 rings (SSSR count). The number of benzene rings is 1. The van der Waals surface area contributed by atoms with Crippen molar-refractivity contribution in [2.45, 2.75) is 0 Å². The highest BCUT2D eigenvalue weighted by Gasteiger charge is 1.97. The molecule has 0 heterocycles. The van der Waals surface area contributed by atoms with Gasteiger partial charge in [-0.15, -0.1) is 24.8 Å². The van der Waals surface area contributed by atoms with Crippen LogP contribution in [0.5, 0.6) is 0 Å². The summed E-state index contributed by atoms with van der Waals surface area (Å²) in [6.07, 6.45) is 3.30. The van der Waals surface area contributed by atoms with E-state index in [1.807, 2.05) is 24.3 Å². The van der Waals surface area contributed by atoms with Crippen LogP contribution in [-0.4, -0.2) is 5.78 Å². The molecule has 1 nitrogen and oxygen atoms in total. The summed E-state index contributed by atoms with van der Waals surface area (Å²) in [6, 6.07) is 7.75. The number of fused-ring (bicyclic) bond motifs is 1. The van der Waals surface area contributed by atoms with E-state index in [9.17, 15) is 4.79 Å². The Morgan fingerprint density at radius 3 is 1.67 bits per heavy atom. The molecule has 64 valence electrons. The molecular weight excluding hydrogens is 195 g/mol. The SMILES string of the molecule is Cl.Cl.O=C1C=c2ccccc2=C1. The van der Waals surface area contributed by atoms with Crippen LogP contribution in [0.4, 0.5) is 0 Å². The highest BCUT2D eigenvalue weighted by atomic mass is 35.5. The quantitative estimate of drug-likeness (QED) is 0.605. The summed E-state index contributed by atoms with van der Waals surface area (Å²) in [4.78, 5) is 10.8. The third kappa shape index (κ3) is 1.87. The zero-order valence-corrected chi connectivity index (χ0v) is 7.82. The molecule has 0 spiro atoms. The lowest BCUT2D eigenvalue weighted by Gasteiger charge is -1.78. The van der Waals surface area contributed by atoms with E-state index in [1.54, 1.807) is 12.2 Å². The second kappa shape index (κ2) is 4.29. The molecule has 0 bridgehead atoms. The number of carbonyl (C=O) groups excluding carboxylic acids is 1. The Hall–Kier alpha value is -0.790. The number of halogens is 2. The Labute approximate surface area is 82.6 Å². The summed E-state index contributed by atoms with van der Waals surface area (Å²) in [7, 11) is 0. The number of hydrogen-bond acceptors (Lipinski definition) is 1. The zero-order chi connectivity index (χ0) is 6.97. The molecule has 0 atom stereocenters. The Kier molecular flexibility index (Phi) is 4.01. The van der Waals surface area contributed by atoms with Crippen LogP contribution in [0.25, 0.3) is 12.2 Å². The average molecular weight is 203 g/mol. The van der Waals surface area contributed by atoms with Crippen molar-refractivity contribution in [3.8, 4) is 0 Å². The molecule has 0 saturated carbocycles. The Morgan fingerprint density at radius 2 is 1.25 bits per heavy atom. The van der Waals surface area contributed by atoms with Gasteiger partial charge in [0.05, 0.1) is 0 Å². The predicted octanol–water partition coefficient (Wildman–Crippen LogP) is 0.674. The second-order valence-corrected chi connectivity index (χ2v) is 2.32. The monoisotopic (exact) mass is 202 g/mol. The Balaban J connectivity index is 0.000000605. The summed E-state index contributed by atoms with van der Waals surface area (Å²) in [5.74, 6) is 0.0983. The fourth-order valence-corrected chi connectivity index (χ4v) is 1.12. The maximum absolute atomic E-state index is 10.8. The van der Waals surface area contributed by atoms with Gasteiger partial charge in [0.1, 0.15) is 0 Å². The van der Waals surface area contributed by atoms with Crippen molar-refractivity contribution in [2.24, 2.45) is 0 Å². The third-order valence-corrected chi connectivity index (χ3v) is 1.59. The van der Waals surface area contributed by atoms with Crippen LogP contribution in [-0.2, 0) is 4.79 Å². The molecule has 0 saturated heterocycles. The number of Topliss-reactive ketones (excluding diaryl/α,β-unsaturated/α-hetero) is 1. The Bertz CT molecular complexity index is 358. The van der Waals surface area contributed by atoms with Crippen LogP contribution in [0, 0.1) is 0 Å². The van der Waals surface area contributed by atoms with E-state index in [0.29, 0.717) is 0 Å². The molecule has 0 fully saturated rings. The minimum absolute atomic E-state index is 0.